The molecule has 9 nitrogen and oxygen atoms in total. The number of hydrogen-bond acceptors (Lipinski definition) is 8. The molecule has 0 aliphatic carbocycles. The summed E-state index contributed by atoms with van der Waals surface area (Å²) >= 11 is 0. The lowest BCUT2D eigenvalue weighted by molar-refractivity contribution is 0.0964. The van der Waals surface area contributed by atoms with E-state index in [9.17, 15) is 4.79 Å². The molecule has 0 bridgehead atoms. The summed E-state index contributed by atoms with van der Waals surface area (Å²) in [7, 11) is 1.64. The normalized spacial score (nSPS) is 14.4. The van der Waals surface area contributed by atoms with Gasteiger partial charge < -0.3 is 20.3 Å². The molecule has 0 radical (unpaired) electrons. The molecule has 4 aromatic rings. The Morgan fingerprint density at radius 2 is 1.95 bits per heavy atom. The van der Waals surface area contributed by atoms with E-state index in [0.717, 1.165) is 78.6 Å². The summed E-state index contributed by atoms with van der Waals surface area (Å²) in [5, 5.41) is 7.00. The average molecular weight is 498 g/mol. The van der Waals surface area contributed by atoms with Crippen molar-refractivity contribution in [1.82, 2.24) is 25.3 Å². The number of carbonyl (C=O) groups is 1. The van der Waals surface area contributed by atoms with E-state index in [-0.39, 0.29) is 11.8 Å². The van der Waals surface area contributed by atoms with Crippen molar-refractivity contribution in [3.05, 3.63) is 72.3 Å². The molecule has 0 saturated carbocycles. The zero-order valence-corrected chi connectivity index (χ0v) is 21.1. The number of hydrogen-bond donors (Lipinski definition) is 2. The fourth-order valence-electron chi connectivity index (χ4n) is 4.63. The number of pyridine rings is 2. The second kappa shape index (κ2) is 11.3. The van der Waals surface area contributed by atoms with Crippen LogP contribution in [0.5, 0.6) is 0 Å². The van der Waals surface area contributed by atoms with Crippen LogP contribution in [0.2, 0.25) is 0 Å². The maximum absolute atomic E-state index is 12.3. The van der Waals surface area contributed by atoms with E-state index in [1.165, 1.54) is 0 Å². The van der Waals surface area contributed by atoms with Gasteiger partial charge in [-0.05, 0) is 36.1 Å². The maximum atomic E-state index is 12.3. The van der Waals surface area contributed by atoms with Crippen molar-refractivity contribution in [2.75, 3.05) is 50.1 Å². The first-order valence-corrected chi connectivity index (χ1v) is 12.6. The Hall–Kier alpha value is -4.11. The van der Waals surface area contributed by atoms with Gasteiger partial charge in [0.05, 0.1) is 30.0 Å². The molecule has 1 aliphatic rings. The first-order chi connectivity index (χ1) is 18.1. The van der Waals surface area contributed by atoms with E-state index in [0.29, 0.717) is 5.56 Å². The lowest BCUT2D eigenvalue weighted by atomic mass is 9.94. The summed E-state index contributed by atoms with van der Waals surface area (Å²) in [5.74, 6) is 1.86. The highest BCUT2D eigenvalue weighted by Crippen LogP contribution is 2.28. The van der Waals surface area contributed by atoms with Crippen LogP contribution in [-0.4, -0.2) is 65.7 Å². The highest BCUT2D eigenvalue weighted by molar-refractivity contribution is 6.06. The van der Waals surface area contributed by atoms with Gasteiger partial charge in [-0.25, -0.2) is 15.0 Å². The Labute approximate surface area is 216 Å². The van der Waals surface area contributed by atoms with Crippen molar-refractivity contribution in [1.29, 1.82) is 0 Å². The highest BCUT2D eigenvalue weighted by atomic mass is 16.5. The summed E-state index contributed by atoms with van der Waals surface area (Å²) in [6.07, 6.45) is 6.01. The predicted octanol–water partition coefficient (Wildman–Crippen LogP) is 3.89. The van der Waals surface area contributed by atoms with Crippen molar-refractivity contribution in [2.24, 2.45) is 0 Å². The molecule has 2 N–H and O–H groups in total. The molecule has 4 heterocycles. The van der Waals surface area contributed by atoms with Gasteiger partial charge in [-0.3, -0.25) is 9.78 Å². The third-order valence-electron chi connectivity index (χ3n) is 6.73. The summed E-state index contributed by atoms with van der Waals surface area (Å²) in [4.78, 5) is 32.6. The van der Waals surface area contributed by atoms with Crippen LogP contribution in [0.25, 0.3) is 22.2 Å². The van der Waals surface area contributed by atoms with Crippen LogP contribution in [0.3, 0.4) is 0 Å². The van der Waals surface area contributed by atoms with Crippen LogP contribution in [-0.2, 0) is 4.74 Å². The zero-order valence-electron chi connectivity index (χ0n) is 21.1. The average Bonchev–Trinajstić information content (AvgIpc) is 2.96. The highest BCUT2D eigenvalue weighted by Gasteiger charge is 2.15. The molecule has 1 fully saturated rings. The van der Waals surface area contributed by atoms with Crippen molar-refractivity contribution in [3.8, 4) is 11.3 Å². The molecule has 9 heteroatoms. The molecule has 1 atom stereocenters. The van der Waals surface area contributed by atoms with Crippen LogP contribution in [0.4, 0.5) is 11.6 Å². The summed E-state index contributed by atoms with van der Waals surface area (Å²) in [6.45, 7) is 6.09. The van der Waals surface area contributed by atoms with Crippen LogP contribution < -0.4 is 15.5 Å². The van der Waals surface area contributed by atoms with Gasteiger partial charge in [0.1, 0.15) is 18.0 Å². The van der Waals surface area contributed by atoms with Gasteiger partial charge in [0.25, 0.3) is 5.91 Å². The molecule has 3 aromatic heterocycles. The number of fused-ring (bicyclic) bond motifs is 1. The molecule has 1 unspecified atom stereocenters. The summed E-state index contributed by atoms with van der Waals surface area (Å²) < 4.78 is 5.42. The van der Waals surface area contributed by atoms with E-state index in [2.05, 4.69) is 48.5 Å². The fraction of sp³-hybridized carbons (Fsp3) is 0.321. The van der Waals surface area contributed by atoms with E-state index in [4.69, 9.17) is 4.74 Å². The first kappa shape index (κ1) is 24.6. The number of nitrogens with one attached hydrogen (secondary N) is 2. The quantitative estimate of drug-likeness (QED) is 0.378. The van der Waals surface area contributed by atoms with Crippen LogP contribution >= 0.6 is 0 Å². The number of para-hydroxylation sites is 1. The molecular weight excluding hydrogens is 466 g/mol. The minimum absolute atomic E-state index is 0.107. The van der Waals surface area contributed by atoms with Gasteiger partial charge in [-0.2, -0.15) is 0 Å². The van der Waals surface area contributed by atoms with Gasteiger partial charge in [-0.1, -0.05) is 25.1 Å². The van der Waals surface area contributed by atoms with E-state index < -0.39 is 0 Å². The van der Waals surface area contributed by atoms with Gasteiger partial charge >= 0.3 is 0 Å². The topological polar surface area (TPSA) is 105 Å². The summed E-state index contributed by atoms with van der Waals surface area (Å²) in [6, 6.07) is 13.8. The number of aromatic nitrogens is 4. The maximum Gasteiger partial charge on any atom is 0.251 e. The van der Waals surface area contributed by atoms with Crippen molar-refractivity contribution in [2.45, 2.75) is 19.3 Å². The number of carbonyl (C=O) groups excluding carboxylic acids is 1. The molecule has 1 amide bonds. The fourth-order valence-corrected chi connectivity index (χ4v) is 4.63. The van der Waals surface area contributed by atoms with Crippen molar-refractivity contribution >= 4 is 28.4 Å². The Morgan fingerprint density at radius 3 is 2.73 bits per heavy atom. The Kier molecular flexibility index (Phi) is 7.51. The molecule has 1 aromatic carbocycles. The molecule has 190 valence electrons. The second-order valence-electron chi connectivity index (χ2n) is 9.09. The SMILES string of the molecule is CNC(=O)c1ccnc2c(C(C)CCNc3cc(-c4ccc(N5CCOCC5)nc4)ncn3)cccc12. The minimum atomic E-state index is -0.107. The van der Waals surface area contributed by atoms with Crippen molar-refractivity contribution in [3.63, 3.8) is 0 Å². The number of anilines is 2. The Bertz CT molecular complexity index is 1370. The molecule has 1 aliphatic heterocycles. The number of ether oxygens (including phenoxy) is 1. The van der Waals surface area contributed by atoms with Gasteiger partial charge in [-0.15, -0.1) is 0 Å². The van der Waals surface area contributed by atoms with Gasteiger partial charge in [0, 0.05) is 56.1 Å². The standard InChI is InChI=1S/C28H31N7O2/c1-19(21-4-3-5-22-23(28(36)29-2)9-11-31-27(21)22)8-10-30-25-16-24(33-18-34-25)20-6-7-26(32-17-20)35-12-14-37-15-13-35/h3-7,9,11,16-19H,8,10,12-15H2,1-2H3,(H,29,36)(H,30,33,34). The number of amides is 1. The molecule has 1 saturated heterocycles. The van der Waals surface area contributed by atoms with Crippen LogP contribution in [0, 0.1) is 0 Å². The van der Waals surface area contributed by atoms with Crippen LogP contribution in [0.15, 0.2) is 61.2 Å². The molecule has 5 rings (SSSR count). The van der Waals surface area contributed by atoms with Crippen LogP contribution in [0.1, 0.15) is 35.2 Å². The van der Waals surface area contributed by atoms with Crippen molar-refractivity contribution < 1.29 is 9.53 Å². The van der Waals surface area contributed by atoms with Gasteiger partial charge in [0.15, 0.2) is 0 Å². The third kappa shape index (κ3) is 5.51. The zero-order chi connectivity index (χ0) is 25.6. The predicted molar refractivity (Wildman–Crippen MR) is 145 cm³/mol. The molecule has 0 spiro atoms. The second-order valence-corrected chi connectivity index (χ2v) is 9.09. The lowest BCUT2D eigenvalue weighted by Gasteiger charge is -2.27. The molecule has 37 heavy (non-hydrogen) atoms. The number of rotatable bonds is 8. The third-order valence-corrected chi connectivity index (χ3v) is 6.73. The van der Waals surface area contributed by atoms with E-state index in [1.807, 2.05) is 36.5 Å². The van der Waals surface area contributed by atoms with Gasteiger partial charge in [0.2, 0.25) is 0 Å². The Morgan fingerprint density at radius 1 is 1.08 bits per heavy atom. The largest absolute Gasteiger partial charge is 0.378 e. The van der Waals surface area contributed by atoms with E-state index >= 15 is 0 Å². The first-order valence-electron chi connectivity index (χ1n) is 12.6. The minimum Gasteiger partial charge on any atom is -0.378 e. The smallest absolute Gasteiger partial charge is 0.251 e. The number of benzene rings is 1. The summed E-state index contributed by atoms with van der Waals surface area (Å²) in [5.41, 5.74) is 4.41. The lowest BCUT2D eigenvalue weighted by Crippen LogP contribution is -2.36. The monoisotopic (exact) mass is 497 g/mol. The van der Waals surface area contributed by atoms with E-state index in [1.54, 1.807) is 25.6 Å². The Balaban J connectivity index is 1.23. The number of nitrogens with zero attached hydrogens (tertiary/aromatic N) is 5. The molecular formula is C28H31N7O2. The number of morpholine rings is 1.